The Morgan fingerprint density at radius 2 is 1.94 bits per heavy atom. The van der Waals surface area contributed by atoms with Gasteiger partial charge in [0.1, 0.15) is 22.1 Å². The molecule has 2 aromatic rings. The number of aryl methyl sites for hydroxylation is 1. The first kappa shape index (κ1) is 22.8. The summed E-state index contributed by atoms with van der Waals surface area (Å²) in [6.07, 6.45) is 0.910. The molecule has 1 amide bonds. The van der Waals surface area contributed by atoms with E-state index in [1.807, 2.05) is 0 Å². The molecule has 2 aliphatic rings. The normalized spacial score (nSPS) is 23.8. The van der Waals surface area contributed by atoms with Crippen molar-refractivity contribution in [3.8, 4) is 0 Å². The lowest BCUT2D eigenvalue weighted by atomic mass is 9.83. The van der Waals surface area contributed by atoms with Gasteiger partial charge in [0.2, 0.25) is 15.7 Å². The maximum atomic E-state index is 15.7. The van der Waals surface area contributed by atoms with E-state index >= 15 is 4.39 Å². The zero-order valence-corrected chi connectivity index (χ0v) is 19.0. The van der Waals surface area contributed by atoms with E-state index in [1.165, 1.54) is 30.2 Å². The van der Waals surface area contributed by atoms with Crippen molar-refractivity contribution in [1.82, 2.24) is 0 Å². The number of carbonyl (C=O) groups excluding carboxylic acids is 1. The molecule has 0 aliphatic carbocycles. The van der Waals surface area contributed by atoms with Crippen molar-refractivity contribution >= 4 is 21.4 Å². The molecule has 172 valence electrons. The molecule has 0 spiro atoms. The number of ether oxygens (including phenoxy) is 2. The monoisotopic (exact) mass is 465 g/mol. The molecule has 2 heterocycles. The zero-order valence-electron chi connectivity index (χ0n) is 18.2. The topological polar surface area (TPSA) is 72.9 Å². The molecule has 0 unspecified atom stereocenters. The summed E-state index contributed by atoms with van der Waals surface area (Å²) >= 11 is 0. The molecule has 2 aromatic carbocycles. The molecule has 1 saturated heterocycles. The van der Waals surface area contributed by atoms with E-state index in [9.17, 15) is 17.6 Å². The summed E-state index contributed by atoms with van der Waals surface area (Å²) in [5.41, 5.74) is -0.0449. The summed E-state index contributed by atoms with van der Waals surface area (Å²) in [4.78, 5) is 12.5. The van der Waals surface area contributed by atoms with Gasteiger partial charge in [0.15, 0.2) is 0 Å². The third-order valence-electron chi connectivity index (χ3n) is 6.41. The smallest absolute Gasteiger partial charge is 0.227 e. The molecule has 1 fully saturated rings. The number of methoxy groups -OCH3 is 1. The van der Waals surface area contributed by atoms with Gasteiger partial charge in [-0.1, -0.05) is 0 Å². The highest BCUT2D eigenvalue weighted by atomic mass is 32.2. The van der Waals surface area contributed by atoms with E-state index < -0.39 is 32.0 Å². The van der Waals surface area contributed by atoms with Crippen LogP contribution in [0.25, 0.3) is 0 Å². The Kier molecular flexibility index (Phi) is 5.85. The number of anilines is 1. The molecule has 4 rings (SSSR count). The van der Waals surface area contributed by atoms with Crippen LogP contribution in [0.2, 0.25) is 0 Å². The lowest BCUT2D eigenvalue weighted by Gasteiger charge is -2.39. The number of sulfone groups is 1. The van der Waals surface area contributed by atoms with Crippen LogP contribution in [0.1, 0.15) is 37.3 Å². The Labute approximate surface area is 186 Å². The lowest BCUT2D eigenvalue weighted by Crippen LogP contribution is -2.40. The van der Waals surface area contributed by atoms with Crippen molar-refractivity contribution in [1.29, 1.82) is 0 Å². The molecule has 0 N–H and O–H groups in total. The summed E-state index contributed by atoms with van der Waals surface area (Å²) in [6, 6.07) is 5.98. The first-order chi connectivity index (χ1) is 15.1. The van der Waals surface area contributed by atoms with Crippen molar-refractivity contribution in [2.24, 2.45) is 0 Å². The number of amides is 1. The van der Waals surface area contributed by atoms with Crippen LogP contribution in [0, 0.1) is 11.6 Å². The maximum absolute atomic E-state index is 15.7. The first-order valence-corrected chi connectivity index (χ1v) is 11.9. The Hall–Kier alpha value is -2.36. The van der Waals surface area contributed by atoms with Gasteiger partial charge in [-0.05, 0) is 49.2 Å². The van der Waals surface area contributed by atoms with Gasteiger partial charge in [-0.25, -0.2) is 17.2 Å². The van der Waals surface area contributed by atoms with Gasteiger partial charge in [-0.2, -0.15) is 0 Å². The number of hydrogen-bond donors (Lipinski definition) is 0. The van der Waals surface area contributed by atoms with E-state index in [4.69, 9.17) is 9.47 Å². The van der Waals surface area contributed by atoms with Crippen molar-refractivity contribution in [3.63, 3.8) is 0 Å². The molecule has 0 aromatic heterocycles. The highest BCUT2D eigenvalue weighted by Crippen LogP contribution is 2.42. The van der Waals surface area contributed by atoms with Crippen LogP contribution in [-0.4, -0.2) is 41.2 Å². The van der Waals surface area contributed by atoms with Gasteiger partial charge < -0.3 is 14.4 Å². The fourth-order valence-corrected chi connectivity index (χ4v) is 6.02. The van der Waals surface area contributed by atoms with Crippen LogP contribution in [-0.2, 0) is 36.1 Å². The van der Waals surface area contributed by atoms with Crippen LogP contribution in [0.5, 0.6) is 0 Å². The molecular formula is C23H25F2NO5S. The molecule has 2 atom stereocenters. The largest absolute Gasteiger partial charge is 0.378 e. The Morgan fingerprint density at radius 1 is 1.19 bits per heavy atom. The Balaban J connectivity index is 1.83. The highest BCUT2D eigenvalue weighted by molar-refractivity contribution is 7.91. The molecule has 0 saturated carbocycles. The second-order valence-corrected chi connectivity index (χ2v) is 10.3. The van der Waals surface area contributed by atoms with E-state index in [2.05, 4.69) is 0 Å². The molecule has 32 heavy (non-hydrogen) atoms. The van der Waals surface area contributed by atoms with Crippen molar-refractivity contribution in [2.75, 3.05) is 25.7 Å². The number of nitrogens with zero attached hydrogens (tertiary/aromatic N) is 1. The second-order valence-electron chi connectivity index (χ2n) is 8.35. The summed E-state index contributed by atoms with van der Waals surface area (Å²) in [5.74, 6) is -1.95. The second kappa shape index (κ2) is 8.20. The van der Waals surface area contributed by atoms with Gasteiger partial charge in [0, 0.05) is 44.7 Å². The van der Waals surface area contributed by atoms with Gasteiger partial charge in [-0.15, -0.1) is 0 Å². The van der Waals surface area contributed by atoms with Crippen molar-refractivity contribution < 1.29 is 31.5 Å². The minimum atomic E-state index is -4.37. The Bertz CT molecular complexity index is 1180. The van der Waals surface area contributed by atoms with Gasteiger partial charge >= 0.3 is 0 Å². The maximum Gasteiger partial charge on any atom is 0.227 e. The van der Waals surface area contributed by atoms with Crippen LogP contribution >= 0.6 is 0 Å². The van der Waals surface area contributed by atoms with Crippen molar-refractivity contribution in [2.45, 2.75) is 54.1 Å². The van der Waals surface area contributed by atoms with Gasteiger partial charge in [-0.3, -0.25) is 4.79 Å². The number of fused-ring (bicyclic) bond motifs is 1. The third-order valence-corrected chi connectivity index (χ3v) is 8.16. The number of benzene rings is 2. The van der Waals surface area contributed by atoms with Gasteiger partial charge in [0.05, 0.1) is 17.6 Å². The molecule has 0 radical (unpaired) electrons. The predicted molar refractivity (Wildman–Crippen MR) is 113 cm³/mol. The van der Waals surface area contributed by atoms with Crippen LogP contribution < -0.4 is 4.90 Å². The lowest BCUT2D eigenvalue weighted by molar-refractivity contribution is -0.124. The number of rotatable bonds is 4. The zero-order chi connectivity index (χ0) is 23.3. The average Bonchev–Trinajstić information content (AvgIpc) is 2.77. The van der Waals surface area contributed by atoms with E-state index in [1.54, 1.807) is 14.0 Å². The summed E-state index contributed by atoms with van der Waals surface area (Å²) in [7, 11) is -1.35. The highest BCUT2D eigenvalue weighted by Gasteiger charge is 2.41. The minimum absolute atomic E-state index is 0.0653. The van der Waals surface area contributed by atoms with Crippen LogP contribution in [0.4, 0.5) is 14.5 Å². The summed E-state index contributed by atoms with van der Waals surface area (Å²) < 4.78 is 68.2. The van der Waals surface area contributed by atoms with E-state index in [-0.39, 0.29) is 48.3 Å². The fourth-order valence-electron chi connectivity index (χ4n) is 4.61. The standard InChI is InChI=1S/C23H25F2NO5S/c1-14-13-23(30-3,8-9-31-14)18-11-16(24)12-20(22(18)25)32(28,29)17-5-6-19-15(10-17)4-7-21(27)26(19)2/h5-6,10-12,14H,4,7-9,13H2,1-3H3/t14-,23+/m0/s1. The third kappa shape index (κ3) is 3.72. The van der Waals surface area contributed by atoms with E-state index in [0.29, 0.717) is 23.7 Å². The SMILES string of the molecule is CO[C@]1(c2cc(F)cc(S(=O)(=O)c3ccc4c(c3)CCC(=O)N4C)c2F)CCO[C@@H](C)C1. The molecular weight excluding hydrogens is 440 g/mol. The summed E-state index contributed by atoms with van der Waals surface area (Å²) in [6.45, 7) is 2.08. The average molecular weight is 466 g/mol. The fraction of sp³-hybridized carbons (Fsp3) is 0.435. The number of halogens is 2. The van der Waals surface area contributed by atoms with Crippen molar-refractivity contribution in [3.05, 3.63) is 53.1 Å². The molecule has 6 nitrogen and oxygen atoms in total. The predicted octanol–water partition coefficient (Wildman–Crippen LogP) is 3.75. The molecule has 9 heteroatoms. The molecule has 0 bridgehead atoms. The number of hydrogen-bond acceptors (Lipinski definition) is 5. The van der Waals surface area contributed by atoms with Crippen LogP contribution in [0.3, 0.4) is 0 Å². The summed E-state index contributed by atoms with van der Waals surface area (Å²) in [5, 5.41) is 0. The van der Waals surface area contributed by atoms with Gasteiger partial charge in [0.25, 0.3) is 0 Å². The Morgan fingerprint density at radius 3 is 2.62 bits per heavy atom. The van der Waals surface area contributed by atoms with Crippen LogP contribution in [0.15, 0.2) is 40.1 Å². The molecule has 2 aliphatic heterocycles. The van der Waals surface area contributed by atoms with E-state index in [0.717, 1.165) is 6.07 Å². The number of carbonyl (C=O) groups is 1. The quantitative estimate of drug-likeness (QED) is 0.688. The minimum Gasteiger partial charge on any atom is -0.378 e. The first-order valence-electron chi connectivity index (χ1n) is 10.4.